The molecule has 170 valence electrons. The highest BCUT2D eigenvalue weighted by atomic mass is 32.2. The summed E-state index contributed by atoms with van der Waals surface area (Å²) in [5, 5.41) is 2.85. The third-order valence-electron chi connectivity index (χ3n) is 5.29. The molecular weight excluding hydrogens is 408 g/mol. The lowest BCUT2D eigenvalue weighted by molar-refractivity contribution is 0.102. The topological polar surface area (TPSA) is 66.5 Å². The van der Waals surface area contributed by atoms with Crippen molar-refractivity contribution >= 4 is 21.6 Å². The third-order valence-corrected chi connectivity index (χ3v) is 7.20. The maximum atomic E-state index is 13.1. The van der Waals surface area contributed by atoms with E-state index in [0.29, 0.717) is 24.3 Å². The molecule has 0 atom stereocenters. The fourth-order valence-corrected chi connectivity index (χ4v) is 4.72. The molecule has 0 aliphatic carbocycles. The molecule has 0 aliphatic heterocycles. The van der Waals surface area contributed by atoms with Crippen LogP contribution in [0, 0.1) is 0 Å². The number of unbranched alkanes of at least 4 members (excludes halogenated alkanes) is 2. The van der Waals surface area contributed by atoms with E-state index in [2.05, 4.69) is 39.9 Å². The van der Waals surface area contributed by atoms with Gasteiger partial charge in [0.2, 0.25) is 10.0 Å². The van der Waals surface area contributed by atoms with Crippen molar-refractivity contribution in [3.05, 3.63) is 59.7 Å². The summed E-state index contributed by atoms with van der Waals surface area (Å²) in [6, 6.07) is 14.0. The van der Waals surface area contributed by atoms with Crippen LogP contribution in [0.1, 0.15) is 76.2 Å². The van der Waals surface area contributed by atoms with Gasteiger partial charge in [-0.1, -0.05) is 59.6 Å². The Labute approximate surface area is 187 Å². The number of hydrogen-bond acceptors (Lipinski definition) is 3. The van der Waals surface area contributed by atoms with Gasteiger partial charge in [-0.3, -0.25) is 4.79 Å². The first kappa shape index (κ1) is 25.1. The van der Waals surface area contributed by atoms with Crippen LogP contribution >= 0.6 is 0 Å². The lowest BCUT2D eigenvalue weighted by Gasteiger charge is -2.22. The smallest absolute Gasteiger partial charge is 0.255 e. The number of carbonyl (C=O) groups excluding carboxylic acids is 1. The van der Waals surface area contributed by atoms with Gasteiger partial charge in [-0.05, 0) is 60.2 Å². The number of nitrogens with zero attached hydrogens (tertiary/aromatic N) is 1. The number of amides is 1. The van der Waals surface area contributed by atoms with E-state index in [9.17, 15) is 13.2 Å². The Morgan fingerprint density at radius 3 is 1.84 bits per heavy atom. The van der Waals surface area contributed by atoms with Crippen molar-refractivity contribution in [1.82, 2.24) is 4.31 Å². The van der Waals surface area contributed by atoms with Crippen molar-refractivity contribution in [2.45, 2.75) is 70.6 Å². The van der Waals surface area contributed by atoms with Crippen LogP contribution in [0.3, 0.4) is 0 Å². The second-order valence-corrected chi connectivity index (χ2v) is 10.9. The van der Waals surface area contributed by atoms with Crippen LogP contribution in [-0.2, 0) is 15.4 Å². The zero-order chi connectivity index (χ0) is 23.1. The van der Waals surface area contributed by atoms with Crippen LogP contribution in [-0.4, -0.2) is 31.7 Å². The van der Waals surface area contributed by atoms with E-state index in [4.69, 9.17) is 0 Å². The molecule has 6 heteroatoms. The van der Waals surface area contributed by atoms with Crippen LogP contribution in [0.2, 0.25) is 0 Å². The number of hydrogen-bond donors (Lipinski definition) is 1. The minimum Gasteiger partial charge on any atom is -0.322 e. The second-order valence-electron chi connectivity index (χ2n) is 8.92. The fourth-order valence-electron chi connectivity index (χ4n) is 3.21. The first-order chi connectivity index (χ1) is 14.6. The second kappa shape index (κ2) is 10.9. The predicted octanol–water partition coefficient (Wildman–Crippen LogP) is 5.83. The van der Waals surface area contributed by atoms with Gasteiger partial charge >= 0.3 is 0 Å². The molecule has 2 rings (SSSR count). The molecule has 0 bridgehead atoms. The number of sulfonamides is 1. The van der Waals surface area contributed by atoms with E-state index in [0.717, 1.165) is 31.2 Å². The fraction of sp³-hybridized carbons (Fsp3) is 0.480. The number of rotatable bonds is 10. The van der Waals surface area contributed by atoms with Crippen LogP contribution in [0.5, 0.6) is 0 Å². The van der Waals surface area contributed by atoms with Crippen molar-refractivity contribution in [3.63, 3.8) is 0 Å². The first-order valence-corrected chi connectivity index (χ1v) is 12.6. The summed E-state index contributed by atoms with van der Waals surface area (Å²) in [4.78, 5) is 12.8. The SMILES string of the molecule is CCCCN(CCCC)S(=O)(=O)c1ccc(NC(=O)c2ccc(C(C)(C)C)cc2)cc1. The van der Waals surface area contributed by atoms with E-state index < -0.39 is 10.0 Å². The predicted molar refractivity (Wildman–Crippen MR) is 128 cm³/mol. The zero-order valence-electron chi connectivity index (χ0n) is 19.4. The van der Waals surface area contributed by atoms with Crippen molar-refractivity contribution in [2.75, 3.05) is 18.4 Å². The van der Waals surface area contributed by atoms with Gasteiger partial charge in [0.05, 0.1) is 4.90 Å². The molecule has 0 fully saturated rings. The van der Waals surface area contributed by atoms with Gasteiger partial charge in [0.1, 0.15) is 0 Å². The highest BCUT2D eigenvalue weighted by Gasteiger charge is 2.23. The molecule has 0 saturated carbocycles. The molecule has 5 nitrogen and oxygen atoms in total. The molecule has 0 heterocycles. The standard InChI is InChI=1S/C25H36N2O3S/c1-6-8-18-27(19-9-7-2)31(29,30)23-16-14-22(15-17-23)26-24(28)20-10-12-21(13-11-20)25(3,4)5/h10-17H,6-9,18-19H2,1-5H3,(H,26,28). The maximum Gasteiger partial charge on any atom is 0.255 e. The van der Waals surface area contributed by atoms with E-state index >= 15 is 0 Å². The van der Waals surface area contributed by atoms with E-state index in [-0.39, 0.29) is 16.2 Å². The lowest BCUT2D eigenvalue weighted by atomic mass is 9.87. The van der Waals surface area contributed by atoms with Crippen molar-refractivity contribution in [2.24, 2.45) is 0 Å². The van der Waals surface area contributed by atoms with Gasteiger partial charge in [-0.2, -0.15) is 4.31 Å². The van der Waals surface area contributed by atoms with Crippen LogP contribution in [0.25, 0.3) is 0 Å². The number of anilines is 1. The average molecular weight is 445 g/mol. The molecule has 0 saturated heterocycles. The maximum absolute atomic E-state index is 13.1. The Bertz CT molecular complexity index is 936. The van der Waals surface area contributed by atoms with Crippen molar-refractivity contribution in [1.29, 1.82) is 0 Å². The Balaban J connectivity index is 2.12. The summed E-state index contributed by atoms with van der Waals surface area (Å²) in [5.41, 5.74) is 2.32. The highest BCUT2D eigenvalue weighted by Crippen LogP contribution is 2.23. The Hall–Kier alpha value is -2.18. The van der Waals surface area contributed by atoms with E-state index in [1.54, 1.807) is 28.6 Å². The normalized spacial score (nSPS) is 12.2. The number of nitrogens with one attached hydrogen (secondary N) is 1. The van der Waals surface area contributed by atoms with Crippen LogP contribution < -0.4 is 5.32 Å². The molecule has 1 N–H and O–H groups in total. The van der Waals surface area contributed by atoms with Gasteiger partial charge in [0.15, 0.2) is 0 Å². The molecule has 0 radical (unpaired) electrons. The third kappa shape index (κ3) is 6.91. The van der Waals surface area contributed by atoms with Crippen LogP contribution in [0.15, 0.2) is 53.4 Å². The number of benzene rings is 2. The summed E-state index contributed by atoms with van der Waals surface area (Å²) in [6.45, 7) is 11.6. The van der Waals surface area contributed by atoms with E-state index in [1.165, 1.54) is 0 Å². The van der Waals surface area contributed by atoms with Gasteiger partial charge in [0, 0.05) is 24.3 Å². The molecule has 0 unspecified atom stereocenters. The highest BCUT2D eigenvalue weighted by molar-refractivity contribution is 7.89. The summed E-state index contributed by atoms with van der Waals surface area (Å²) in [5.74, 6) is -0.219. The van der Waals surface area contributed by atoms with Crippen molar-refractivity contribution in [3.8, 4) is 0 Å². The summed E-state index contributed by atoms with van der Waals surface area (Å²) in [6.07, 6.45) is 3.57. The molecule has 0 spiro atoms. The largest absolute Gasteiger partial charge is 0.322 e. The molecule has 2 aromatic carbocycles. The van der Waals surface area contributed by atoms with Crippen LogP contribution in [0.4, 0.5) is 5.69 Å². The summed E-state index contributed by atoms with van der Waals surface area (Å²) in [7, 11) is -3.54. The minimum absolute atomic E-state index is 0.0263. The summed E-state index contributed by atoms with van der Waals surface area (Å²) < 4.78 is 27.7. The quantitative estimate of drug-likeness (QED) is 0.501. The number of carbonyl (C=O) groups is 1. The zero-order valence-corrected chi connectivity index (χ0v) is 20.3. The average Bonchev–Trinajstić information content (AvgIpc) is 2.73. The first-order valence-electron chi connectivity index (χ1n) is 11.1. The van der Waals surface area contributed by atoms with Gasteiger partial charge < -0.3 is 5.32 Å². The Morgan fingerprint density at radius 2 is 1.39 bits per heavy atom. The molecule has 0 aliphatic rings. The monoisotopic (exact) mass is 444 g/mol. The molecule has 2 aromatic rings. The van der Waals surface area contributed by atoms with Gasteiger partial charge in [0.25, 0.3) is 5.91 Å². The van der Waals surface area contributed by atoms with E-state index in [1.807, 2.05) is 24.3 Å². The molecule has 0 aromatic heterocycles. The Morgan fingerprint density at radius 1 is 0.871 bits per heavy atom. The molecule has 31 heavy (non-hydrogen) atoms. The van der Waals surface area contributed by atoms with Gasteiger partial charge in [-0.25, -0.2) is 8.42 Å². The van der Waals surface area contributed by atoms with Crippen molar-refractivity contribution < 1.29 is 13.2 Å². The lowest BCUT2D eigenvalue weighted by Crippen LogP contribution is -2.33. The minimum atomic E-state index is -3.54. The van der Waals surface area contributed by atoms with Gasteiger partial charge in [-0.15, -0.1) is 0 Å². The summed E-state index contributed by atoms with van der Waals surface area (Å²) >= 11 is 0. The Kier molecular flexibility index (Phi) is 8.83. The molecule has 1 amide bonds. The molecular formula is C25H36N2O3S.